The Morgan fingerprint density at radius 2 is 2.00 bits per heavy atom. The van der Waals surface area contributed by atoms with Crippen LogP contribution in [-0.4, -0.2) is 29.3 Å². The van der Waals surface area contributed by atoms with E-state index >= 15 is 0 Å². The lowest BCUT2D eigenvalue weighted by Gasteiger charge is -2.08. The van der Waals surface area contributed by atoms with Crippen molar-refractivity contribution in [3.63, 3.8) is 0 Å². The van der Waals surface area contributed by atoms with Gasteiger partial charge in [0.05, 0.1) is 0 Å². The number of benzene rings is 1. The van der Waals surface area contributed by atoms with Crippen molar-refractivity contribution in [2.75, 3.05) is 13.2 Å². The first-order chi connectivity index (χ1) is 8.13. The molecule has 3 N–H and O–H groups in total. The molecule has 0 aliphatic rings. The summed E-state index contributed by atoms with van der Waals surface area (Å²) in [4.78, 5) is 11.6. The molecule has 0 bridgehead atoms. The molecule has 0 spiro atoms. The van der Waals surface area contributed by atoms with Crippen LogP contribution in [0.2, 0.25) is 0 Å². The topological polar surface area (TPSA) is 61.4 Å². The highest BCUT2D eigenvalue weighted by molar-refractivity contribution is 7.80. The van der Waals surface area contributed by atoms with Crippen molar-refractivity contribution < 1.29 is 14.3 Å². The molecule has 0 heterocycles. The normalized spacial score (nSPS) is 9.76. The number of aliphatic hydroxyl groups is 1. The van der Waals surface area contributed by atoms with Gasteiger partial charge in [0.1, 0.15) is 5.82 Å². The maximum atomic E-state index is 12.6. The molecule has 0 aromatic heterocycles. The molecule has 0 radical (unpaired) electrons. The predicted octanol–water partition coefficient (Wildman–Crippen LogP) is 0.812. The fourth-order valence-corrected chi connectivity index (χ4v) is 1.30. The van der Waals surface area contributed by atoms with Gasteiger partial charge < -0.3 is 10.4 Å². The van der Waals surface area contributed by atoms with E-state index in [1.54, 1.807) is 0 Å². The van der Waals surface area contributed by atoms with Gasteiger partial charge in [-0.1, -0.05) is 0 Å². The summed E-state index contributed by atoms with van der Waals surface area (Å²) in [6, 6.07) is 5.16. The van der Waals surface area contributed by atoms with Crippen LogP contribution in [0.3, 0.4) is 0 Å². The third kappa shape index (κ3) is 4.88. The molecular weight excluding hydrogens is 243 g/mol. The molecule has 0 aliphatic heterocycles. The summed E-state index contributed by atoms with van der Waals surface area (Å²) in [7, 11) is 0. The van der Waals surface area contributed by atoms with Crippen molar-refractivity contribution in [3.05, 3.63) is 35.6 Å². The number of hydrogen-bond donors (Lipinski definition) is 3. The van der Waals surface area contributed by atoms with Gasteiger partial charge in [0, 0.05) is 18.7 Å². The fraction of sp³-hybridized carbons (Fsp3) is 0.273. The van der Waals surface area contributed by atoms with Crippen LogP contribution in [0.1, 0.15) is 16.8 Å². The van der Waals surface area contributed by atoms with Gasteiger partial charge in [0.2, 0.25) is 0 Å². The molecule has 17 heavy (non-hydrogen) atoms. The Labute approximate surface area is 104 Å². The van der Waals surface area contributed by atoms with Crippen LogP contribution in [0.25, 0.3) is 0 Å². The largest absolute Gasteiger partial charge is 0.396 e. The van der Waals surface area contributed by atoms with E-state index in [1.165, 1.54) is 24.3 Å². The Bertz CT molecular complexity index is 395. The van der Waals surface area contributed by atoms with E-state index in [1.807, 2.05) is 0 Å². The van der Waals surface area contributed by atoms with Crippen LogP contribution in [0, 0.1) is 5.82 Å². The molecule has 0 saturated carbocycles. The minimum absolute atomic E-state index is 0.0571. The van der Waals surface area contributed by atoms with E-state index in [4.69, 9.17) is 17.3 Å². The molecule has 0 atom stereocenters. The van der Waals surface area contributed by atoms with Crippen LogP contribution in [0.5, 0.6) is 0 Å². The summed E-state index contributed by atoms with van der Waals surface area (Å²) in [5.41, 5.74) is 0.331. The second kappa shape index (κ2) is 6.93. The molecule has 0 aliphatic carbocycles. The maximum absolute atomic E-state index is 12.6. The van der Waals surface area contributed by atoms with Crippen molar-refractivity contribution >= 4 is 23.2 Å². The van der Waals surface area contributed by atoms with Crippen LogP contribution in [0.4, 0.5) is 4.39 Å². The average Bonchev–Trinajstić information content (AvgIpc) is 2.30. The summed E-state index contributed by atoms with van der Waals surface area (Å²) >= 11 is 4.87. The Balaban J connectivity index is 2.43. The molecule has 92 valence electrons. The van der Waals surface area contributed by atoms with Crippen molar-refractivity contribution in [1.82, 2.24) is 10.6 Å². The average molecular weight is 256 g/mol. The van der Waals surface area contributed by atoms with Gasteiger partial charge >= 0.3 is 0 Å². The number of aliphatic hydroxyl groups excluding tert-OH is 1. The molecule has 1 amide bonds. The van der Waals surface area contributed by atoms with Gasteiger partial charge in [-0.15, -0.1) is 0 Å². The van der Waals surface area contributed by atoms with E-state index in [9.17, 15) is 9.18 Å². The number of hydrogen-bond acceptors (Lipinski definition) is 3. The van der Waals surface area contributed by atoms with Crippen molar-refractivity contribution in [1.29, 1.82) is 0 Å². The van der Waals surface area contributed by atoms with Gasteiger partial charge in [-0.25, -0.2) is 4.39 Å². The first-order valence-electron chi connectivity index (χ1n) is 5.09. The summed E-state index contributed by atoms with van der Waals surface area (Å²) in [5, 5.41) is 14.0. The monoisotopic (exact) mass is 256 g/mol. The Morgan fingerprint density at radius 1 is 1.35 bits per heavy atom. The van der Waals surface area contributed by atoms with E-state index in [2.05, 4.69) is 10.6 Å². The number of amides is 1. The lowest BCUT2D eigenvalue weighted by Crippen LogP contribution is -2.39. The number of nitrogens with one attached hydrogen (secondary N) is 2. The number of rotatable bonds is 4. The molecule has 0 saturated heterocycles. The van der Waals surface area contributed by atoms with Gasteiger partial charge in [-0.05, 0) is 42.9 Å². The number of carbonyl (C=O) groups excluding carboxylic acids is 1. The Kier molecular flexibility index (Phi) is 5.51. The van der Waals surface area contributed by atoms with Gasteiger partial charge in [0.25, 0.3) is 5.91 Å². The summed E-state index contributed by atoms with van der Waals surface area (Å²) < 4.78 is 12.6. The first kappa shape index (κ1) is 13.5. The van der Waals surface area contributed by atoms with Crippen molar-refractivity contribution in [2.45, 2.75) is 6.42 Å². The zero-order valence-electron chi connectivity index (χ0n) is 9.07. The first-order valence-corrected chi connectivity index (χ1v) is 5.50. The van der Waals surface area contributed by atoms with Gasteiger partial charge in [-0.3, -0.25) is 10.1 Å². The van der Waals surface area contributed by atoms with Crippen LogP contribution < -0.4 is 10.6 Å². The lowest BCUT2D eigenvalue weighted by molar-refractivity contribution is 0.0976. The predicted molar refractivity (Wildman–Crippen MR) is 66.2 cm³/mol. The van der Waals surface area contributed by atoms with Crippen molar-refractivity contribution in [3.8, 4) is 0 Å². The Hall–Kier alpha value is -1.53. The smallest absolute Gasteiger partial charge is 0.257 e. The lowest BCUT2D eigenvalue weighted by atomic mass is 10.2. The number of carbonyl (C=O) groups is 1. The zero-order chi connectivity index (χ0) is 12.7. The van der Waals surface area contributed by atoms with E-state index in [-0.39, 0.29) is 11.7 Å². The van der Waals surface area contributed by atoms with Crippen LogP contribution in [-0.2, 0) is 0 Å². The summed E-state index contributed by atoms with van der Waals surface area (Å²) in [5.74, 6) is -0.795. The van der Waals surface area contributed by atoms with Crippen molar-refractivity contribution in [2.24, 2.45) is 0 Å². The van der Waals surface area contributed by atoms with Gasteiger partial charge in [0.15, 0.2) is 5.11 Å². The third-order valence-electron chi connectivity index (χ3n) is 1.95. The molecule has 0 fully saturated rings. The van der Waals surface area contributed by atoms with E-state index < -0.39 is 11.7 Å². The third-order valence-corrected chi connectivity index (χ3v) is 2.20. The highest BCUT2D eigenvalue weighted by Crippen LogP contribution is 2.02. The highest BCUT2D eigenvalue weighted by Gasteiger charge is 2.06. The second-order valence-electron chi connectivity index (χ2n) is 3.29. The highest BCUT2D eigenvalue weighted by atomic mass is 32.1. The SMILES string of the molecule is O=C(NC(=S)NCCCO)c1ccc(F)cc1. The minimum Gasteiger partial charge on any atom is -0.396 e. The van der Waals surface area contributed by atoms with E-state index in [0.717, 1.165) is 0 Å². The molecule has 4 nitrogen and oxygen atoms in total. The number of thiocarbonyl (C=S) groups is 1. The Morgan fingerprint density at radius 3 is 2.59 bits per heavy atom. The van der Waals surface area contributed by atoms with Crippen LogP contribution >= 0.6 is 12.2 Å². The van der Waals surface area contributed by atoms with E-state index in [0.29, 0.717) is 18.5 Å². The van der Waals surface area contributed by atoms with Crippen LogP contribution in [0.15, 0.2) is 24.3 Å². The molecule has 1 aromatic carbocycles. The molecular formula is C11H13FN2O2S. The second-order valence-corrected chi connectivity index (χ2v) is 3.70. The maximum Gasteiger partial charge on any atom is 0.257 e. The van der Waals surface area contributed by atoms with Gasteiger partial charge in [-0.2, -0.15) is 0 Å². The quantitative estimate of drug-likeness (QED) is 0.551. The molecule has 0 unspecified atom stereocenters. The summed E-state index contributed by atoms with van der Waals surface area (Å²) in [6.07, 6.45) is 0.548. The summed E-state index contributed by atoms with van der Waals surface area (Å²) in [6.45, 7) is 0.542. The minimum atomic E-state index is -0.398. The zero-order valence-corrected chi connectivity index (χ0v) is 9.89. The molecule has 1 aromatic rings. The standard InChI is InChI=1S/C11H13FN2O2S/c12-9-4-2-8(3-5-9)10(16)14-11(17)13-6-1-7-15/h2-5,15H,1,6-7H2,(H2,13,14,16,17). The number of halogens is 1. The fourth-order valence-electron chi connectivity index (χ4n) is 1.10. The molecule has 6 heteroatoms. The molecule has 1 rings (SSSR count).